The summed E-state index contributed by atoms with van der Waals surface area (Å²) in [5, 5.41) is 0. The van der Waals surface area contributed by atoms with Crippen LogP contribution in [-0.4, -0.2) is 53.8 Å². The van der Waals surface area contributed by atoms with Crippen LogP contribution < -0.4 is 0 Å². The SMILES string of the molecule is CN(C)C(=O)C1(Cc2cccc(-c3cccnc3)c2)CCN(C(=O)CC2CCCC2)CC1. The van der Waals surface area contributed by atoms with Crippen molar-refractivity contribution in [2.45, 2.75) is 51.4 Å². The first kappa shape index (κ1) is 22.5. The molecule has 0 atom stereocenters. The fraction of sp³-hybridized carbons (Fsp3) is 0.519. The van der Waals surface area contributed by atoms with Gasteiger partial charge in [0.15, 0.2) is 0 Å². The van der Waals surface area contributed by atoms with Gasteiger partial charge in [-0.1, -0.05) is 43.2 Å². The van der Waals surface area contributed by atoms with E-state index >= 15 is 0 Å². The number of pyridine rings is 1. The van der Waals surface area contributed by atoms with Crippen molar-refractivity contribution >= 4 is 11.8 Å². The number of amides is 2. The van der Waals surface area contributed by atoms with Gasteiger partial charge in [-0.2, -0.15) is 0 Å². The number of hydrogen-bond acceptors (Lipinski definition) is 3. The summed E-state index contributed by atoms with van der Waals surface area (Å²) in [7, 11) is 3.68. The maximum atomic E-state index is 13.3. The summed E-state index contributed by atoms with van der Waals surface area (Å²) < 4.78 is 0. The summed E-state index contributed by atoms with van der Waals surface area (Å²) in [4.78, 5) is 34.2. The molecule has 5 nitrogen and oxygen atoms in total. The number of benzene rings is 1. The monoisotopic (exact) mass is 433 g/mol. The van der Waals surface area contributed by atoms with Crippen LogP contribution >= 0.6 is 0 Å². The smallest absolute Gasteiger partial charge is 0.228 e. The van der Waals surface area contributed by atoms with Gasteiger partial charge in [-0.05, 0) is 60.8 Å². The molecule has 2 aliphatic rings. The molecule has 2 amide bonds. The van der Waals surface area contributed by atoms with E-state index in [-0.39, 0.29) is 11.8 Å². The molecule has 0 bridgehead atoms. The van der Waals surface area contributed by atoms with Crippen molar-refractivity contribution in [2.24, 2.45) is 11.3 Å². The van der Waals surface area contributed by atoms with Crippen LogP contribution in [0.1, 0.15) is 50.5 Å². The Morgan fingerprint density at radius 3 is 2.44 bits per heavy atom. The predicted molar refractivity (Wildman–Crippen MR) is 127 cm³/mol. The van der Waals surface area contributed by atoms with Gasteiger partial charge in [-0.15, -0.1) is 0 Å². The normalized spacial score (nSPS) is 18.5. The minimum atomic E-state index is -0.457. The third kappa shape index (κ3) is 5.03. The van der Waals surface area contributed by atoms with Crippen LogP contribution in [0.15, 0.2) is 48.8 Å². The fourth-order valence-electron chi connectivity index (χ4n) is 5.50. The number of carbonyl (C=O) groups is 2. The van der Waals surface area contributed by atoms with Gasteiger partial charge in [0, 0.05) is 46.0 Å². The molecule has 0 spiro atoms. The number of likely N-dealkylation sites (tertiary alicyclic amines) is 1. The highest BCUT2D eigenvalue weighted by Gasteiger charge is 2.43. The summed E-state index contributed by atoms with van der Waals surface area (Å²) in [6, 6.07) is 12.4. The highest BCUT2D eigenvalue weighted by molar-refractivity contribution is 5.83. The second kappa shape index (κ2) is 9.85. The van der Waals surface area contributed by atoms with E-state index in [0.29, 0.717) is 31.8 Å². The maximum absolute atomic E-state index is 13.3. The van der Waals surface area contributed by atoms with Crippen LogP contribution in [0.5, 0.6) is 0 Å². The maximum Gasteiger partial charge on any atom is 0.228 e. The van der Waals surface area contributed by atoms with Crippen molar-refractivity contribution in [3.05, 3.63) is 54.4 Å². The Morgan fingerprint density at radius 2 is 1.78 bits per heavy atom. The minimum absolute atomic E-state index is 0.173. The molecular weight excluding hydrogens is 398 g/mol. The van der Waals surface area contributed by atoms with Gasteiger partial charge in [0.1, 0.15) is 0 Å². The number of hydrogen-bond donors (Lipinski definition) is 0. The van der Waals surface area contributed by atoms with Crippen molar-refractivity contribution < 1.29 is 9.59 Å². The lowest BCUT2D eigenvalue weighted by molar-refractivity contribution is -0.146. The average molecular weight is 434 g/mol. The van der Waals surface area contributed by atoms with Crippen molar-refractivity contribution in [1.82, 2.24) is 14.8 Å². The van der Waals surface area contributed by atoms with E-state index in [0.717, 1.165) is 29.5 Å². The highest BCUT2D eigenvalue weighted by Crippen LogP contribution is 2.38. The summed E-state index contributed by atoms with van der Waals surface area (Å²) in [6.07, 6.45) is 11.4. The molecule has 0 radical (unpaired) electrons. The van der Waals surface area contributed by atoms with E-state index < -0.39 is 5.41 Å². The van der Waals surface area contributed by atoms with Gasteiger partial charge >= 0.3 is 0 Å². The third-order valence-electron chi connectivity index (χ3n) is 7.34. The van der Waals surface area contributed by atoms with E-state index in [2.05, 4.69) is 35.3 Å². The van der Waals surface area contributed by atoms with Crippen LogP contribution in [0.3, 0.4) is 0 Å². The Hall–Kier alpha value is -2.69. The van der Waals surface area contributed by atoms with Crippen molar-refractivity contribution in [1.29, 1.82) is 0 Å². The second-order valence-corrected chi connectivity index (χ2v) is 9.83. The molecule has 5 heteroatoms. The molecule has 0 N–H and O–H groups in total. The number of nitrogens with zero attached hydrogens (tertiary/aromatic N) is 3. The number of aromatic nitrogens is 1. The molecule has 1 aromatic heterocycles. The zero-order valence-corrected chi connectivity index (χ0v) is 19.4. The van der Waals surface area contributed by atoms with E-state index in [1.165, 1.54) is 25.7 Å². The van der Waals surface area contributed by atoms with Gasteiger partial charge in [0.05, 0.1) is 5.41 Å². The second-order valence-electron chi connectivity index (χ2n) is 9.83. The van der Waals surface area contributed by atoms with Crippen LogP contribution in [-0.2, 0) is 16.0 Å². The Morgan fingerprint density at radius 1 is 1.06 bits per heavy atom. The Kier molecular flexibility index (Phi) is 6.92. The van der Waals surface area contributed by atoms with Crippen LogP contribution in [0, 0.1) is 11.3 Å². The van der Waals surface area contributed by atoms with E-state index in [1.807, 2.05) is 31.3 Å². The molecule has 2 aromatic rings. The Balaban J connectivity index is 1.49. The molecule has 0 unspecified atom stereocenters. The first-order chi connectivity index (χ1) is 15.5. The molecule has 32 heavy (non-hydrogen) atoms. The standard InChI is InChI=1S/C27H35N3O2/c1-29(2)26(32)27(12-15-30(16-13-27)25(31)18-21-7-3-4-8-21)19-22-9-5-10-23(17-22)24-11-6-14-28-20-24/h5-6,9-11,14,17,20-21H,3-4,7-8,12-13,15-16,18-19H2,1-2H3. The molecule has 1 saturated carbocycles. The van der Waals surface area contributed by atoms with Gasteiger partial charge in [0.2, 0.25) is 11.8 Å². The zero-order valence-electron chi connectivity index (χ0n) is 19.4. The summed E-state index contributed by atoms with van der Waals surface area (Å²) in [5.74, 6) is 1.02. The van der Waals surface area contributed by atoms with Crippen LogP contribution in [0.4, 0.5) is 0 Å². The lowest BCUT2D eigenvalue weighted by Crippen LogP contribution is -2.51. The van der Waals surface area contributed by atoms with Crippen LogP contribution in [0.2, 0.25) is 0 Å². The van der Waals surface area contributed by atoms with Gasteiger partial charge in [-0.3, -0.25) is 14.6 Å². The van der Waals surface area contributed by atoms with Gasteiger partial charge in [-0.25, -0.2) is 0 Å². The predicted octanol–water partition coefficient (Wildman–Crippen LogP) is 4.57. The van der Waals surface area contributed by atoms with Gasteiger partial charge in [0.25, 0.3) is 0 Å². The zero-order chi connectivity index (χ0) is 22.6. The van der Waals surface area contributed by atoms with E-state index in [9.17, 15) is 9.59 Å². The molecule has 2 fully saturated rings. The number of rotatable bonds is 6. The lowest BCUT2D eigenvalue weighted by Gasteiger charge is -2.42. The Labute approximate surface area is 191 Å². The molecule has 1 aromatic carbocycles. The molecule has 1 aliphatic carbocycles. The average Bonchev–Trinajstić information content (AvgIpc) is 3.32. The first-order valence-corrected chi connectivity index (χ1v) is 12.0. The summed E-state index contributed by atoms with van der Waals surface area (Å²) in [5.41, 5.74) is 2.90. The summed E-state index contributed by atoms with van der Waals surface area (Å²) in [6.45, 7) is 1.35. The molecule has 1 aliphatic heterocycles. The van der Waals surface area contributed by atoms with E-state index in [1.54, 1.807) is 11.1 Å². The third-order valence-corrected chi connectivity index (χ3v) is 7.34. The quantitative estimate of drug-likeness (QED) is 0.671. The minimum Gasteiger partial charge on any atom is -0.348 e. The van der Waals surface area contributed by atoms with Crippen molar-refractivity contribution in [2.75, 3.05) is 27.2 Å². The van der Waals surface area contributed by atoms with Crippen molar-refractivity contribution in [3.8, 4) is 11.1 Å². The molecule has 170 valence electrons. The number of piperidine rings is 1. The molecule has 4 rings (SSSR count). The van der Waals surface area contributed by atoms with Gasteiger partial charge < -0.3 is 9.80 Å². The van der Waals surface area contributed by atoms with E-state index in [4.69, 9.17) is 0 Å². The lowest BCUT2D eigenvalue weighted by atomic mass is 9.72. The topological polar surface area (TPSA) is 53.5 Å². The first-order valence-electron chi connectivity index (χ1n) is 12.0. The van der Waals surface area contributed by atoms with Crippen molar-refractivity contribution in [3.63, 3.8) is 0 Å². The Bertz CT molecular complexity index is 927. The van der Waals surface area contributed by atoms with Crippen LogP contribution in [0.25, 0.3) is 11.1 Å². The highest BCUT2D eigenvalue weighted by atomic mass is 16.2. The molecular formula is C27H35N3O2. The number of carbonyl (C=O) groups excluding carboxylic acids is 2. The largest absolute Gasteiger partial charge is 0.348 e. The molecule has 2 heterocycles. The summed E-state index contributed by atoms with van der Waals surface area (Å²) >= 11 is 0. The fourth-order valence-corrected chi connectivity index (χ4v) is 5.50. The molecule has 1 saturated heterocycles.